The molecule has 3 nitrogen and oxygen atoms in total. The van der Waals surface area contributed by atoms with Crippen LogP contribution in [0.4, 0.5) is 0 Å². The number of rotatable bonds is 4. The van der Waals surface area contributed by atoms with Crippen LogP contribution in [-0.4, -0.2) is 23.4 Å². The first-order valence-electron chi connectivity index (χ1n) is 10.2. The second-order valence-corrected chi connectivity index (χ2v) is 8.42. The molecule has 2 aliphatic rings. The number of nitrogens with zero attached hydrogens (tertiary/aromatic N) is 1. The van der Waals surface area contributed by atoms with Gasteiger partial charge in [-0.05, 0) is 61.9 Å². The number of amides is 1. The number of benzene rings is 2. The van der Waals surface area contributed by atoms with Gasteiger partial charge in [-0.2, -0.15) is 0 Å². The first kappa shape index (κ1) is 18.2. The Balaban J connectivity index is 1.65. The number of primary amides is 1. The smallest absolute Gasteiger partial charge is 0.248 e. The summed E-state index contributed by atoms with van der Waals surface area (Å²) in [6.07, 6.45) is 4.86. The van der Waals surface area contributed by atoms with Crippen molar-refractivity contribution in [3.8, 4) is 0 Å². The van der Waals surface area contributed by atoms with Crippen LogP contribution < -0.4 is 5.73 Å². The topological polar surface area (TPSA) is 46.3 Å². The first-order valence-corrected chi connectivity index (χ1v) is 10.2. The van der Waals surface area contributed by atoms with E-state index in [9.17, 15) is 4.79 Å². The standard InChI is InChI=1S/C24H30N2O/c1-17-22-12-7-13-24(17,21-11-6-10-20(16-21)23(25)27)14-15-26(22)18(2)19-8-4-3-5-9-19/h3-6,8-11,16-18,22H,7,12-15H2,1-2H3,(H2,25,27). The molecular formula is C24H30N2O. The molecule has 2 aromatic carbocycles. The van der Waals surface area contributed by atoms with Crippen LogP contribution in [0.15, 0.2) is 54.6 Å². The molecule has 2 bridgehead atoms. The summed E-state index contributed by atoms with van der Waals surface area (Å²) in [6.45, 7) is 5.87. The minimum absolute atomic E-state index is 0.168. The van der Waals surface area contributed by atoms with E-state index in [1.165, 1.54) is 30.4 Å². The van der Waals surface area contributed by atoms with Crippen LogP contribution in [0.1, 0.15) is 67.1 Å². The molecule has 4 unspecified atom stereocenters. The van der Waals surface area contributed by atoms with Crippen LogP contribution in [0.3, 0.4) is 0 Å². The van der Waals surface area contributed by atoms with Crippen LogP contribution in [0.25, 0.3) is 0 Å². The minimum atomic E-state index is -0.330. The first-order chi connectivity index (χ1) is 13.0. The van der Waals surface area contributed by atoms with Crippen molar-refractivity contribution in [1.29, 1.82) is 0 Å². The fraction of sp³-hybridized carbons (Fsp3) is 0.458. The van der Waals surface area contributed by atoms with Gasteiger partial charge in [0, 0.05) is 23.1 Å². The molecule has 2 N–H and O–H groups in total. The summed E-state index contributed by atoms with van der Waals surface area (Å²) in [4.78, 5) is 14.4. The van der Waals surface area contributed by atoms with Gasteiger partial charge in [0.15, 0.2) is 0 Å². The van der Waals surface area contributed by atoms with Gasteiger partial charge in [0.05, 0.1) is 0 Å². The van der Waals surface area contributed by atoms with Crippen LogP contribution in [-0.2, 0) is 5.41 Å². The average Bonchev–Trinajstić information content (AvgIpc) is 2.69. The summed E-state index contributed by atoms with van der Waals surface area (Å²) in [7, 11) is 0. The zero-order valence-corrected chi connectivity index (χ0v) is 16.4. The summed E-state index contributed by atoms with van der Waals surface area (Å²) < 4.78 is 0. The lowest BCUT2D eigenvalue weighted by Gasteiger charge is -2.57. The molecule has 0 spiro atoms. The molecule has 142 valence electrons. The largest absolute Gasteiger partial charge is 0.366 e. The molecule has 4 rings (SSSR count). The zero-order valence-electron chi connectivity index (χ0n) is 16.4. The molecule has 3 heteroatoms. The van der Waals surface area contributed by atoms with E-state index < -0.39 is 0 Å². The number of hydrogen-bond donors (Lipinski definition) is 1. The Hall–Kier alpha value is -2.13. The molecule has 1 saturated heterocycles. The molecule has 1 heterocycles. The number of fused-ring (bicyclic) bond motifs is 2. The Morgan fingerprint density at radius 1 is 1.15 bits per heavy atom. The van der Waals surface area contributed by atoms with Gasteiger partial charge in [0.1, 0.15) is 0 Å². The minimum Gasteiger partial charge on any atom is -0.366 e. The molecule has 1 amide bonds. The van der Waals surface area contributed by atoms with E-state index in [1.54, 1.807) is 0 Å². The van der Waals surface area contributed by atoms with E-state index in [0.717, 1.165) is 13.0 Å². The maximum atomic E-state index is 11.7. The third-order valence-corrected chi connectivity index (χ3v) is 7.32. The van der Waals surface area contributed by atoms with E-state index in [2.05, 4.69) is 61.2 Å². The van der Waals surface area contributed by atoms with Gasteiger partial charge in [-0.3, -0.25) is 9.69 Å². The lowest BCUT2D eigenvalue weighted by atomic mass is 9.57. The van der Waals surface area contributed by atoms with E-state index in [1.807, 2.05) is 12.1 Å². The average molecular weight is 363 g/mol. The summed E-state index contributed by atoms with van der Waals surface area (Å²) >= 11 is 0. The Bertz CT molecular complexity index is 818. The number of likely N-dealkylation sites (tertiary alicyclic amines) is 1. The number of hydrogen-bond acceptors (Lipinski definition) is 2. The molecule has 4 atom stereocenters. The van der Waals surface area contributed by atoms with Crippen molar-refractivity contribution >= 4 is 5.91 Å². The van der Waals surface area contributed by atoms with Crippen molar-refractivity contribution in [1.82, 2.24) is 4.90 Å². The Kier molecular flexibility index (Phi) is 4.81. The van der Waals surface area contributed by atoms with Gasteiger partial charge in [-0.1, -0.05) is 55.8 Å². The highest BCUT2D eigenvalue weighted by Gasteiger charge is 2.50. The summed E-state index contributed by atoms with van der Waals surface area (Å²) in [5, 5.41) is 0. The summed E-state index contributed by atoms with van der Waals surface area (Å²) in [6, 6.07) is 20.0. The monoisotopic (exact) mass is 362 g/mol. The third-order valence-electron chi connectivity index (χ3n) is 7.32. The van der Waals surface area contributed by atoms with Crippen LogP contribution in [0, 0.1) is 5.92 Å². The van der Waals surface area contributed by atoms with E-state index in [-0.39, 0.29) is 11.3 Å². The predicted octanol–water partition coefficient (Wildman–Crippen LogP) is 4.68. The van der Waals surface area contributed by atoms with Gasteiger partial charge < -0.3 is 5.73 Å². The van der Waals surface area contributed by atoms with E-state index in [4.69, 9.17) is 5.73 Å². The number of nitrogens with two attached hydrogens (primary N) is 1. The normalized spacial score (nSPS) is 29.3. The summed E-state index contributed by atoms with van der Waals surface area (Å²) in [5.74, 6) is 0.234. The quantitative estimate of drug-likeness (QED) is 0.858. The zero-order chi connectivity index (χ0) is 19.0. The van der Waals surface area contributed by atoms with Crippen molar-refractivity contribution in [2.45, 2.75) is 57.0 Å². The fourth-order valence-electron chi connectivity index (χ4n) is 5.71. The highest BCUT2D eigenvalue weighted by atomic mass is 16.1. The Labute approximate surface area is 162 Å². The van der Waals surface area contributed by atoms with Crippen molar-refractivity contribution in [2.24, 2.45) is 11.7 Å². The van der Waals surface area contributed by atoms with E-state index in [0.29, 0.717) is 23.6 Å². The van der Waals surface area contributed by atoms with Gasteiger partial charge >= 0.3 is 0 Å². The number of piperidine rings is 1. The highest BCUT2D eigenvalue weighted by molar-refractivity contribution is 5.93. The Morgan fingerprint density at radius 2 is 1.93 bits per heavy atom. The number of carbonyl (C=O) groups excluding carboxylic acids is 1. The summed E-state index contributed by atoms with van der Waals surface area (Å²) in [5.41, 5.74) is 9.06. The lowest BCUT2D eigenvalue weighted by Crippen LogP contribution is -2.58. The molecule has 1 saturated carbocycles. The highest BCUT2D eigenvalue weighted by Crippen LogP contribution is 2.52. The molecule has 27 heavy (non-hydrogen) atoms. The maximum Gasteiger partial charge on any atom is 0.248 e. The van der Waals surface area contributed by atoms with Crippen LogP contribution in [0.2, 0.25) is 0 Å². The molecule has 1 aliphatic heterocycles. The maximum absolute atomic E-state index is 11.7. The second kappa shape index (κ2) is 7.12. The molecule has 0 aromatic heterocycles. The molecule has 1 aliphatic carbocycles. The molecular weight excluding hydrogens is 332 g/mol. The van der Waals surface area contributed by atoms with Crippen molar-refractivity contribution in [2.75, 3.05) is 6.54 Å². The predicted molar refractivity (Wildman–Crippen MR) is 110 cm³/mol. The van der Waals surface area contributed by atoms with Crippen LogP contribution in [0.5, 0.6) is 0 Å². The van der Waals surface area contributed by atoms with Crippen molar-refractivity contribution in [3.05, 3.63) is 71.3 Å². The van der Waals surface area contributed by atoms with E-state index >= 15 is 0 Å². The lowest BCUT2D eigenvalue weighted by molar-refractivity contribution is -0.0246. The SMILES string of the molecule is CC(c1ccccc1)N1CCC2(c3cccc(C(N)=O)c3)CCCC1C2C. The van der Waals surface area contributed by atoms with Crippen molar-refractivity contribution in [3.63, 3.8) is 0 Å². The Morgan fingerprint density at radius 3 is 2.67 bits per heavy atom. The molecule has 0 radical (unpaired) electrons. The van der Waals surface area contributed by atoms with Crippen molar-refractivity contribution < 1.29 is 4.79 Å². The number of carbonyl (C=O) groups is 1. The van der Waals surface area contributed by atoms with Gasteiger partial charge in [-0.15, -0.1) is 0 Å². The third kappa shape index (κ3) is 3.08. The molecule has 2 aromatic rings. The van der Waals surface area contributed by atoms with Gasteiger partial charge in [0.2, 0.25) is 5.91 Å². The molecule has 2 fully saturated rings. The fourth-order valence-corrected chi connectivity index (χ4v) is 5.71. The van der Waals surface area contributed by atoms with Crippen LogP contribution >= 0.6 is 0 Å². The van der Waals surface area contributed by atoms with Gasteiger partial charge in [-0.25, -0.2) is 0 Å². The second-order valence-electron chi connectivity index (χ2n) is 8.42. The van der Waals surface area contributed by atoms with Gasteiger partial charge in [0.25, 0.3) is 0 Å².